The third-order valence-electron chi connectivity index (χ3n) is 7.09. The first-order valence-electron chi connectivity index (χ1n) is 14.9. The molecule has 0 saturated heterocycles. The zero-order chi connectivity index (χ0) is 33.2. The van der Waals surface area contributed by atoms with Gasteiger partial charge in [0.05, 0.1) is 6.04 Å². The summed E-state index contributed by atoms with van der Waals surface area (Å²) >= 11 is 0. The fourth-order valence-corrected chi connectivity index (χ4v) is 4.56. The fraction of sp³-hybridized carbons (Fsp3) is 0.452. The fourth-order valence-electron chi connectivity index (χ4n) is 4.56. The van der Waals surface area contributed by atoms with Gasteiger partial charge in [0.15, 0.2) is 0 Å². The summed E-state index contributed by atoms with van der Waals surface area (Å²) in [5.74, 6) is -3.10. The highest BCUT2D eigenvalue weighted by Gasteiger charge is 2.30. The minimum atomic E-state index is -1.24. The number of rotatable bonds is 20. The van der Waals surface area contributed by atoms with Crippen LogP contribution in [0.2, 0.25) is 0 Å². The molecule has 246 valence electrons. The second kappa shape index (κ2) is 19.6. The Morgan fingerprint density at radius 1 is 0.711 bits per heavy atom. The number of carboxylic acid groups (broad SMARTS) is 1. The molecule has 0 bridgehead atoms. The van der Waals surface area contributed by atoms with Crippen molar-refractivity contribution >= 4 is 29.7 Å². The van der Waals surface area contributed by atoms with Crippen molar-refractivity contribution < 1.29 is 34.2 Å². The Morgan fingerprint density at radius 3 is 1.87 bits per heavy atom. The largest absolute Gasteiger partial charge is 0.508 e. The summed E-state index contributed by atoms with van der Waals surface area (Å²) < 4.78 is 0. The van der Waals surface area contributed by atoms with Crippen LogP contribution in [0, 0.1) is 0 Å². The minimum absolute atomic E-state index is 0.0696. The number of benzene rings is 2. The lowest BCUT2D eigenvalue weighted by Crippen LogP contribution is -2.57. The Bertz CT molecular complexity index is 1240. The van der Waals surface area contributed by atoms with Crippen molar-refractivity contribution in [2.75, 3.05) is 13.1 Å². The monoisotopic (exact) mass is 627 g/mol. The first-order chi connectivity index (χ1) is 21.5. The van der Waals surface area contributed by atoms with Crippen LogP contribution >= 0.6 is 0 Å². The number of aromatic hydroxyl groups is 1. The van der Waals surface area contributed by atoms with Gasteiger partial charge in [0.2, 0.25) is 17.7 Å². The van der Waals surface area contributed by atoms with Gasteiger partial charge in [-0.25, -0.2) is 9.59 Å². The van der Waals surface area contributed by atoms with E-state index in [4.69, 9.17) is 17.2 Å². The van der Waals surface area contributed by atoms with Crippen molar-refractivity contribution in [3.8, 4) is 5.75 Å². The highest BCUT2D eigenvalue weighted by atomic mass is 16.4. The maximum atomic E-state index is 13.5. The molecule has 14 heteroatoms. The lowest BCUT2D eigenvalue weighted by atomic mass is 10.0. The van der Waals surface area contributed by atoms with E-state index in [9.17, 15) is 34.2 Å². The zero-order valence-electron chi connectivity index (χ0n) is 25.2. The molecule has 0 unspecified atom stereocenters. The number of primary amides is 1. The van der Waals surface area contributed by atoms with E-state index in [1.165, 1.54) is 12.1 Å². The molecule has 0 heterocycles. The van der Waals surface area contributed by atoms with Crippen LogP contribution in [0.4, 0.5) is 4.79 Å². The maximum Gasteiger partial charge on any atom is 0.326 e. The highest BCUT2D eigenvalue weighted by Crippen LogP contribution is 2.13. The summed E-state index contributed by atoms with van der Waals surface area (Å²) in [6.45, 7) is 0.504. The smallest absolute Gasteiger partial charge is 0.326 e. The number of hydrogen-bond acceptors (Lipinski definition) is 8. The SMILES string of the molecule is NCCCC[C@H](NC(=O)[C@H](CCCNC(N)=O)NC(=O)[C@@H](N)Cc1ccccc1)C(=O)N[C@@H](CCc1ccc(O)cc1)C(=O)O. The number of aryl methyl sites for hydroxylation is 1. The number of phenolic OH excluding ortho intramolecular Hbond substituents is 1. The highest BCUT2D eigenvalue weighted by molar-refractivity contribution is 5.94. The second-order valence-corrected chi connectivity index (χ2v) is 10.7. The molecule has 0 aromatic heterocycles. The lowest BCUT2D eigenvalue weighted by Gasteiger charge is -2.25. The molecule has 0 spiro atoms. The van der Waals surface area contributed by atoms with Gasteiger partial charge in [-0.2, -0.15) is 0 Å². The Labute approximate surface area is 262 Å². The van der Waals surface area contributed by atoms with E-state index >= 15 is 0 Å². The van der Waals surface area contributed by atoms with E-state index in [-0.39, 0.29) is 44.4 Å². The molecular formula is C31H45N7O7. The molecule has 2 aromatic carbocycles. The molecule has 45 heavy (non-hydrogen) atoms. The Kier molecular flexibility index (Phi) is 15.9. The summed E-state index contributed by atoms with van der Waals surface area (Å²) in [5.41, 5.74) is 18.5. The predicted molar refractivity (Wildman–Crippen MR) is 168 cm³/mol. The molecule has 0 aliphatic carbocycles. The number of phenols is 1. The second-order valence-electron chi connectivity index (χ2n) is 10.7. The first kappa shape index (κ1) is 36.5. The Balaban J connectivity index is 2.14. The van der Waals surface area contributed by atoms with E-state index < -0.39 is 53.9 Å². The number of nitrogens with two attached hydrogens (primary N) is 3. The standard InChI is InChI=1S/C31H45N7O7/c32-17-5-4-9-24(29(42)38-26(30(43)44)16-13-20-11-14-22(39)15-12-20)37-28(41)25(10-6-18-35-31(34)45)36-27(40)23(33)19-21-7-2-1-3-8-21/h1-3,7-8,11-12,14-15,23-26,39H,4-6,9-10,13,16-19,32-33H2,(H,36,40)(H,37,41)(H,38,42)(H,43,44)(H3,34,35,45)/t23-,24-,25-,26-/m0/s1. The van der Waals surface area contributed by atoms with Crippen LogP contribution < -0.4 is 38.5 Å². The van der Waals surface area contributed by atoms with Crippen LogP contribution in [-0.2, 0) is 32.0 Å². The molecule has 12 N–H and O–H groups in total. The van der Waals surface area contributed by atoms with Gasteiger partial charge in [-0.05, 0) is 81.2 Å². The van der Waals surface area contributed by atoms with Crippen molar-refractivity contribution in [1.29, 1.82) is 0 Å². The molecule has 0 fully saturated rings. The van der Waals surface area contributed by atoms with Gasteiger partial charge in [-0.3, -0.25) is 14.4 Å². The summed E-state index contributed by atoms with van der Waals surface area (Å²) in [6.07, 6.45) is 2.21. The van der Waals surface area contributed by atoms with Crippen molar-refractivity contribution in [3.05, 3.63) is 65.7 Å². The van der Waals surface area contributed by atoms with Gasteiger partial charge < -0.3 is 48.7 Å². The van der Waals surface area contributed by atoms with Crippen molar-refractivity contribution in [3.63, 3.8) is 0 Å². The quantitative estimate of drug-likeness (QED) is 0.0895. The van der Waals surface area contributed by atoms with Gasteiger partial charge in [-0.15, -0.1) is 0 Å². The third kappa shape index (κ3) is 14.1. The van der Waals surface area contributed by atoms with E-state index in [2.05, 4.69) is 21.3 Å². The molecule has 0 aliphatic heterocycles. The topological polar surface area (TPSA) is 252 Å². The normalized spacial score (nSPS) is 13.5. The maximum absolute atomic E-state index is 13.5. The first-order valence-corrected chi connectivity index (χ1v) is 14.9. The third-order valence-corrected chi connectivity index (χ3v) is 7.09. The molecular weight excluding hydrogens is 582 g/mol. The number of amides is 5. The van der Waals surface area contributed by atoms with Crippen molar-refractivity contribution in [2.45, 2.75) is 75.5 Å². The molecule has 2 aromatic rings. The van der Waals surface area contributed by atoms with E-state index in [1.807, 2.05) is 30.3 Å². The van der Waals surface area contributed by atoms with E-state index in [0.717, 1.165) is 11.1 Å². The molecule has 0 radical (unpaired) electrons. The Morgan fingerprint density at radius 2 is 1.29 bits per heavy atom. The summed E-state index contributed by atoms with van der Waals surface area (Å²) in [4.78, 5) is 62.8. The average Bonchev–Trinajstić information content (AvgIpc) is 3.01. The average molecular weight is 628 g/mol. The lowest BCUT2D eigenvalue weighted by molar-refractivity contribution is -0.142. The van der Waals surface area contributed by atoms with Gasteiger partial charge in [-0.1, -0.05) is 42.5 Å². The van der Waals surface area contributed by atoms with Crippen LogP contribution in [0.25, 0.3) is 0 Å². The van der Waals surface area contributed by atoms with Crippen LogP contribution in [0.5, 0.6) is 5.75 Å². The number of hydrogen-bond donors (Lipinski definition) is 9. The number of nitrogens with one attached hydrogen (secondary N) is 4. The van der Waals surface area contributed by atoms with Crippen LogP contribution in [0.3, 0.4) is 0 Å². The molecule has 2 rings (SSSR count). The van der Waals surface area contributed by atoms with Gasteiger partial charge in [0.1, 0.15) is 23.9 Å². The number of carbonyl (C=O) groups excluding carboxylic acids is 4. The zero-order valence-corrected chi connectivity index (χ0v) is 25.2. The van der Waals surface area contributed by atoms with Crippen LogP contribution in [0.15, 0.2) is 54.6 Å². The summed E-state index contributed by atoms with van der Waals surface area (Å²) in [6, 6.07) is 10.3. The van der Waals surface area contributed by atoms with Gasteiger partial charge in [0.25, 0.3) is 0 Å². The predicted octanol–water partition coefficient (Wildman–Crippen LogP) is 0.0113. The molecule has 4 atom stereocenters. The summed E-state index contributed by atoms with van der Waals surface area (Å²) in [5, 5.41) is 29.5. The van der Waals surface area contributed by atoms with Crippen molar-refractivity contribution in [1.82, 2.24) is 21.3 Å². The van der Waals surface area contributed by atoms with Crippen molar-refractivity contribution in [2.24, 2.45) is 17.2 Å². The van der Waals surface area contributed by atoms with Crippen LogP contribution in [0.1, 0.15) is 49.7 Å². The minimum Gasteiger partial charge on any atom is -0.508 e. The van der Waals surface area contributed by atoms with E-state index in [0.29, 0.717) is 25.8 Å². The molecule has 14 nitrogen and oxygen atoms in total. The van der Waals surface area contributed by atoms with Gasteiger partial charge in [0, 0.05) is 6.54 Å². The van der Waals surface area contributed by atoms with E-state index in [1.54, 1.807) is 12.1 Å². The molecule has 0 aliphatic rings. The number of carbonyl (C=O) groups is 5. The Hall–Kier alpha value is -4.69. The van der Waals surface area contributed by atoms with Gasteiger partial charge >= 0.3 is 12.0 Å². The molecule has 0 saturated carbocycles. The number of urea groups is 1. The summed E-state index contributed by atoms with van der Waals surface area (Å²) in [7, 11) is 0. The van der Waals surface area contributed by atoms with Crippen LogP contribution in [-0.4, -0.2) is 77.2 Å². The number of unbranched alkanes of at least 4 members (excludes halogenated alkanes) is 1. The number of carboxylic acids is 1. The number of aliphatic carboxylic acids is 1. The molecule has 5 amide bonds.